The number of amides is 1. The van der Waals surface area contributed by atoms with Crippen LogP contribution in [0.25, 0.3) is 0 Å². The number of hydrogen-bond acceptors (Lipinski definition) is 4. The lowest BCUT2D eigenvalue weighted by Crippen LogP contribution is -2.53. The Labute approximate surface area is 174 Å². The van der Waals surface area contributed by atoms with E-state index in [1.165, 1.54) is 0 Å². The number of rotatable bonds is 8. The first-order chi connectivity index (χ1) is 12.8. The molecule has 0 aromatic rings. The van der Waals surface area contributed by atoms with Crippen molar-refractivity contribution in [3.63, 3.8) is 0 Å². The van der Waals surface area contributed by atoms with E-state index in [-0.39, 0.29) is 18.4 Å². The lowest BCUT2D eigenvalue weighted by Gasteiger charge is -2.43. The van der Waals surface area contributed by atoms with Gasteiger partial charge in [-0.25, -0.2) is 4.79 Å². The molecular weight excluding hydrogens is 370 g/mol. The minimum absolute atomic E-state index is 0.130. The smallest absolute Gasteiger partial charge is 0.412 e. The Hall–Kier alpha value is -0.593. The first-order valence-electron chi connectivity index (χ1n) is 11.1. The first kappa shape index (κ1) is 25.4. The minimum atomic E-state index is -1.84. The summed E-state index contributed by atoms with van der Waals surface area (Å²) < 4.78 is 18.2. The number of ether oxygens (including phenoxy) is 2. The largest absolute Gasteiger partial charge is 0.444 e. The average Bonchev–Trinajstić information content (AvgIpc) is 2.51. The summed E-state index contributed by atoms with van der Waals surface area (Å²) in [6.45, 7) is 23.0. The summed E-state index contributed by atoms with van der Waals surface area (Å²) in [6, 6.07) is 0.130. The van der Waals surface area contributed by atoms with Gasteiger partial charge in [0.2, 0.25) is 0 Å². The van der Waals surface area contributed by atoms with Crippen LogP contribution in [-0.2, 0) is 13.9 Å². The van der Waals surface area contributed by atoms with E-state index in [0.29, 0.717) is 23.2 Å². The van der Waals surface area contributed by atoms with Crippen LogP contribution in [0.5, 0.6) is 0 Å². The third-order valence-corrected chi connectivity index (χ3v) is 12.0. The molecule has 0 saturated carbocycles. The quantitative estimate of drug-likeness (QED) is 0.343. The maximum atomic E-state index is 12.7. The van der Waals surface area contributed by atoms with Gasteiger partial charge in [-0.1, -0.05) is 41.5 Å². The van der Waals surface area contributed by atoms with Gasteiger partial charge in [-0.2, -0.15) is 0 Å². The molecule has 2 atom stereocenters. The first-order valence-corrected chi connectivity index (χ1v) is 13.2. The topological polar surface area (TPSA) is 48.0 Å². The highest BCUT2D eigenvalue weighted by Gasteiger charge is 2.45. The standard InChI is InChI=1S/C22H45NO4Si/c1-16(2)28(17(3)4,18(5)6)26-14-11-12-20-23(19(7)13-15-25-20)21(24)27-22(8,9)10/h16-20H,11-15H2,1-10H3/t19-,20-/m0/s1. The molecule has 1 amide bonds. The summed E-state index contributed by atoms with van der Waals surface area (Å²) in [7, 11) is -1.84. The van der Waals surface area contributed by atoms with Crippen LogP contribution in [0.1, 0.15) is 88.5 Å². The second kappa shape index (κ2) is 10.4. The van der Waals surface area contributed by atoms with Crippen LogP contribution in [0.3, 0.4) is 0 Å². The molecule has 6 heteroatoms. The van der Waals surface area contributed by atoms with Crippen LogP contribution >= 0.6 is 0 Å². The Kier molecular flexibility index (Phi) is 9.49. The fourth-order valence-electron chi connectivity index (χ4n) is 4.72. The summed E-state index contributed by atoms with van der Waals surface area (Å²) in [5.41, 5.74) is 1.24. The fraction of sp³-hybridized carbons (Fsp3) is 0.955. The van der Waals surface area contributed by atoms with Gasteiger partial charge in [-0.3, -0.25) is 4.90 Å². The Morgan fingerprint density at radius 3 is 2.11 bits per heavy atom. The van der Waals surface area contributed by atoms with E-state index in [4.69, 9.17) is 13.9 Å². The molecule has 1 aliphatic rings. The zero-order valence-electron chi connectivity index (χ0n) is 20.0. The molecule has 1 aliphatic heterocycles. The molecule has 1 rings (SSSR count). The lowest BCUT2D eigenvalue weighted by molar-refractivity contribution is -0.119. The molecule has 166 valence electrons. The van der Waals surface area contributed by atoms with Gasteiger partial charge >= 0.3 is 6.09 Å². The molecule has 0 unspecified atom stereocenters. The maximum Gasteiger partial charge on any atom is 0.412 e. The SMILES string of the molecule is CC(C)[Si](OCCC[C@@H]1OCC[C@H](C)N1C(=O)OC(C)(C)C)(C(C)C)C(C)C. The zero-order valence-corrected chi connectivity index (χ0v) is 21.0. The highest BCUT2D eigenvalue weighted by Crippen LogP contribution is 2.42. The Bertz CT molecular complexity index is 466. The predicted octanol–water partition coefficient (Wildman–Crippen LogP) is 6.33. The van der Waals surface area contributed by atoms with Crippen molar-refractivity contribution in [3.8, 4) is 0 Å². The van der Waals surface area contributed by atoms with Crippen molar-refractivity contribution >= 4 is 14.4 Å². The third-order valence-electron chi connectivity index (χ3n) is 5.89. The van der Waals surface area contributed by atoms with E-state index < -0.39 is 13.9 Å². The third kappa shape index (κ3) is 6.46. The Balaban J connectivity index is 2.71. The molecule has 0 bridgehead atoms. The summed E-state index contributed by atoms with van der Waals surface area (Å²) in [4.78, 5) is 14.5. The van der Waals surface area contributed by atoms with E-state index in [0.717, 1.165) is 25.9 Å². The number of hydrogen-bond donors (Lipinski definition) is 0. The molecule has 0 aliphatic carbocycles. The van der Waals surface area contributed by atoms with Crippen molar-refractivity contribution in [2.75, 3.05) is 13.2 Å². The van der Waals surface area contributed by atoms with Gasteiger partial charge in [-0.15, -0.1) is 0 Å². The van der Waals surface area contributed by atoms with Crippen molar-refractivity contribution in [1.29, 1.82) is 0 Å². The van der Waals surface area contributed by atoms with E-state index >= 15 is 0 Å². The van der Waals surface area contributed by atoms with E-state index in [2.05, 4.69) is 48.5 Å². The van der Waals surface area contributed by atoms with Gasteiger partial charge in [0.15, 0.2) is 8.32 Å². The van der Waals surface area contributed by atoms with Crippen LogP contribution in [0.15, 0.2) is 0 Å². The molecule has 1 fully saturated rings. The maximum absolute atomic E-state index is 12.7. The molecule has 0 radical (unpaired) electrons. The molecule has 0 spiro atoms. The van der Waals surface area contributed by atoms with Crippen LogP contribution in [0, 0.1) is 0 Å². The fourth-order valence-corrected chi connectivity index (χ4v) is 10.2. The highest BCUT2D eigenvalue weighted by atomic mass is 28.4. The van der Waals surface area contributed by atoms with Crippen molar-refractivity contribution in [1.82, 2.24) is 4.90 Å². The van der Waals surface area contributed by atoms with Gasteiger partial charge < -0.3 is 13.9 Å². The van der Waals surface area contributed by atoms with Gasteiger partial charge in [0.1, 0.15) is 11.8 Å². The molecule has 0 N–H and O–H groups in total. The zero-order chi connectivity index (χ0) is 21.7. The minimum Gasteiger partial charge on any atom is -0.444 e. The summed E-state index contributed by atoms with van der Waals surface area (Å²) in [5, 5.41) is 0. The molecule has 28 heavy (non-hydrogen) atoms. The van der Waals surface area contributed by atoms with Crippen molar-refractivity contribution < 1.29 is 18.7 Å². The number of nitrogens with zero attached hydrogens (tertiary/aromatic N) is 1. The van der Waals surface area contributed by atoms with Crippen molar-refractivity contribution in [3.05, 3.63) is 0 Å². The normalized spacial score (nSPS) is 21.7. The van der Waals surface area contributed by atoms with Gasteiger partial charge in [0.25, 0.3) is 0 Å². The van der Waals surface area contributed by atoms with E-state index in [1.54, 1.807) is 4.90 Å². The van der Waals surface area contributed by atoms with Crippen molar-refractivity contribution in [2.45, 2.75) is 123 Å². The molecule has 1 heterocycles. The second-order valence-corrected chi connectivity index (χ2v) is 15.6. The van der Waals surface area contributed by atoms with Crippen LogP contribution in [-0.4, -0.2) is 50.4 Å². The summed E-state index contributed by atoms with van der Waals surface area (Å²) in [5.74, 6) is 0. The Morgan fingerprint density at radius 2 is 1.64 bits per heavy atom. The second-order valence-electron chi connectivity index (χ2n) is 10.2. The lowest BCUT2D eigenvalue weighted by atomic mass is 10.1. The average molecular weight is 416 g/mol. The van der Waals surface area contributed by atoms with Gasteiger partial charge in [0, 0.05) is 12.6 Å². The number of carbonyl (C=O) groups is 1. The summed E-state index contributed by atoms with van der Waals surface area (Å²) in [6.07, 6.45) is 2.01. The Morgan fingerprint density at radius 1 is 1.11 bits per heavy atom. The van der Waals surface area contributed by atoms with Crippen LogP contribution < -0.4 is 0 Å². The van der Waals surface area contributed by atoms with Crippen molar-refractivity contribution in [2.24, 2.45) is 0 Å². The predicted molar refractivity (Wildman–Crippen MR) is 118 cm³/mol. The molecular formula is C22H45NO4Si. The van der Waals surface area contributed by atoms with E-state index in [9.17, 15) is 4.79 Å². The molecule has 1 saturated heterocycles. The molecule has 5 nitrogen and oxygen atoms in total. The van der Waals surface area contributed by atoms with E-state index in [1.807, 2.05) is 20.8 Å². The van der Waals surface area contributed by atoms with Gasteiger partial charge in [0.05, 0.1) is 6.61 Å². The van der Waals surface area contributed by atoms with Crippen LogP contribution in [0.4, 0.5) is 4.79 Å². The monoisotopic (exact) mass is 415 g/mol. The van der Waals surface area contributed by atoms with Gasteiger partial charge in [-0.05, 0) is 63.6 Å². The van der Waals surface area contributed by atoms with Crippen LogP contribution in [0.2, 0.25) is 16.6 Å². The summed E-state index contributed by atoms with van der Waals surface area (Å²) >= 11 is 0. The molecule has 0 aromatic heterocycles. The molecule has 0 aromatic carbocycles. The highest BCUT2D eigenvalue weighted by molar-refractivity contribution is 6.77. The number of carbonyl (C=O) groups excluding carboxylic acids is 1.